The van der Waals surface area contributed by atoms with E-state index in [2.05, 4.69) is 5.32 Å². The molecule has 0 fully saturated rings. The first-order valence-corrected chi connectivity index (χ1v) is 12.4. The molecule has 0 aromatic heterocycles. The molecule has 0 bridgehead atoms. The molecule has 0 saturated heterocycles. The minimum absolute atomic E-state index is 0.0665. The quantitative estimate of drug-likeness (QED) is 0.229. The number of ether oxygens (including phenoxy) is 3. The molecule has 2 atom stereocenters. The monoisotopic (exact) mass is 523 g/mol. The number of nitrogens with one attached hydrogen (secondary N) is 1. The summed E-state index contributed by atoms with van der Waals surface area (Å²) in [5, 5.41) is 3.32. The van der Waals surface area contributed by atoms with Gasteiger partial charge >= 0.3 is 18.0 Å². The summed E-state index contributed by atoms with van der Waals surface area (Å²) >= 11 is 6.02. The largest absolute Gasteiger partial charge is 0.461 e. The Morgan fingerprint density at radius 3 is 2.08 bits per heavy atom. The maximum Gasteiger partial charge on any atom is 0.410 e. The lowest BCUT2D eigenvalue weighted by Crippen LogP contribution is -2.36. The first-order valence-electron chi connectivity index (χ1n) is 12.0. The van der Waals surface area contributed by atoms with Gasteiger partial charge in [-0.3, -0.25) is 4.79 Å². The third-order valence-corrected chi connectivity index (χ3v) is 5.70. The smallest absolute Gasteiger partial charge is 0.410 e. The zero-order chi connectivity index (χ0) is 26.6. The summed E-state index contributed by atoms with van der Waals surface area (Å²) in [6.45, 7) is 3.72. The molecule has 0 spiro atoms. The number of esters is 2. The van der Waals surface area contributed by atoms with E-state index in [-0.39, 0.29) is 25.4 Å². The van der Waals surface area contributed by atoms with Crippen molar-refractivity contribution in [3.05, 3.63) is 107 Å². The first-order chi connectivity index (χ1) is 17.8. The van der Waals surface area contributed by atoms with Crippen molar-refractivity contribution >= 4 is 29.6 Å². The molecule has 7 nitrogen and oxygen atoms in total. The molecule has 0 radical (unpaired) electrons. The van der Waals surface area contributed by atoms with Crippen LogP contribution in [0.25, 0.3) is 0 Å². The van der Waals surface area contributed by atoms with E-state index >= 15 is 0 Å². The van der Waals surface area contributed by atoms with Crippen molar-refractivity contribution in [3.8, 4) is 0 Å². The Hall–Kier alpha value is -3.84. The third-order valence-electron chi connectivity index (χ3n) is 5.44. The van der Waals surface area contributed by atoms with Crippen molar-refractivity contribution in [3.63, 3.8) is 0 Å². The molecule has 3 aromatic carbocycles. The lowest BCUT2D eigenvalue weighted by atomic mass is 10.0. The number of amides is 1. The second-order valence-corrected chi connectivity index (χ2v) is 9.16. The minimum atomic E-state index is -1.10. The molecule has 1 amide bonds. The fraction of sp³-hybridized carbons (Fsp3) is 0.276. The second kappa shape index (κ2) is 14.0. The summed E-state index contributed by atoms with van der Waals surface area (Å²) in [5.74, 6) is -1.28. The molecular weight excluding hydrogens is 494 g/mol. The lowest BCUT2D eigenvalue weighted by Gasteiger charge is -2.24. The van der Waals surface area contributed by atoms with E-state index in [1.54, 1.807) is 68.4 Å². The van der Waals surface area contributed by atoms with E-state index in [0.717, 1.165) is 11.1 Å². The van der Waals surface area contributed by atoms with Crippen molar-refractivity contribution in [2.45, 2.75) is 45.6 Å². The van der Waals surface area contributed by atoms with Gasteiger partial charge in [-0.25, -0.2) is 9.59 Å². The van der Waals surface area contributed by atoms with Crippen LogP contribution in [0.4, 0.5) is 4.79 Å². The van der Waals surface area contributed by atoms with Gasteiger partial charge in [-0.1, -0.05) is 86.1 Å². The predicted molar refractivity (Wildman–Crippen MR) is 140 cm³/mol. The van der Waals surface area contributed by atoms with Gasteiger partial charge in [0.05, 0.1) is 11.6 Å². The van der Waals surface area contributed by atoms with Gasteiger partial charge in [0.1, 0.15) is 6.61 Å². The number of carbonyl (C=O) groups excluding carboxylic acids is 3. The normalized spacial score (nSPS) is 12.3. The van der Waals surface area contributed by atoms with Crippen molar-refractivity contribution in [2.24, 2.45) is 5.92 Å². The van der Waals surface area contributed by atoms with Gasteiger partial charge in [0.2, 0.25) is 0 Å². The standard InChI is InChI=1S/C29H30ClNO6/c1-20(2)28(36-27(33)23-11-7-4-8-12-23)37-29(34)31-25(22-13-15-24(30)16-14-22)17-18-26(32)35-19-21-9-5-3-6-10-21/h3-16,20,25,28H,17-19H2,1-2H3,(H,31,34). The molecule has 0 saturated carbocycles. The number of benzene rings is 3. The topological polar surface area (TPSA) is 90.9 Å². The number of hydrogen-bond acceptors (Lipinski definition) is 6. The number of carbonyl (C=O) groups is 3. The highest BCUT2D eigenvalue weighted by molar-refractivity contribution is 6.30. The molecule has 0 aliphatic carbocycles. The van der Waals surface area contributed by atoms with Crippen LogP contribution in [0, 0.1) is 5.92 Å². The number of rotatable bonds is 11. The van der Waals surface area contributed by atoms with Crippen LogP contribution in [0.3, 0.4) is 0 Å². The van der Waals surface area contributed by atoms with Crippen LogP contribution in [0.15, 0.2) is 84.9 Å². The van der Waals surface area contributed by atoms with Gasteiger partial charge in [-0.2, -0.15) is 0 Å². The van der Waals surface area contributed by atoms with Crippen LogP contribution < -0.4 is 5.32 Å². The maximum atomic E-state index is 12.8. The highest BCUT2D eigenvalue weighted by Crippen LogP contribution is 2.22. The fourth-order valence-electron chi connectivity index (χ4n) is 3.42. The summed E-state index contributed by atoms with van der Waals surface area (Å²) < 4.78 is 16.2. The predicted octanol–water partition coefficient (Wildman–Crippen LogP) is 6.47. The Morgan fingerprint density at radius 2 is 1.46 bits per heavy atom. The SMILES string of the molecule is CC(C)C(OC(=O)NC(CCC(=O)OCc1ccccc1)c1ccc(Cl)cc1)OC(=O)c1ccccc1. The van der Waals surface area contributed by atoms with Gasteiger partial charge in [-0.15, -0.1) is 0 Å². The Labute approximate surface area is 221 Å². The Balaban J connectivity index is 1.61. The van der Waals surface area contributed by atoms with E-state index < -0.39 is 30.4 Å². The molecule has 0 aliphatic rings. The zero-order valence-corrected chi connectivity index (χ0v) is 21.5. The van der Waals surface area contributed by atoms with E-state index in [1.165, 1.54) is 0 Å². The molecule has 37 heavy (non-hydrogen) atoms. The van der Waals surface area contributed by atoms with Crippen LogP contribution in [0.5, 0.6) is 0 Å². The van der Waals surface area contributed by atoms with Crippen LogP contribution in [-0.2, 0) is 25.6 Å². The van der Waals surface area contributed by atoms with Crippen LogP contribution in [-0.4, -0.2) is 24.3 Å². The van der Waals surface area contributed by atoms with Gasteiger partial charge in [0.25, 0.3) is 6.29 Å². The fourth-order valence-corrected chi connectivity index (χ4v) is 3.54. The minimum Gasteiger partial charge on any atom is -0.461 e. The maximum absolute atomic E-state index is 12.8. The molecular formula is C29H30ClNO6. The summed E-state index contributed by atoms with van der Waals surface area (Å²) in [4.78, 5) is 37.6. The molecule has 194 valence electrons. The van der Waals surface area contributed by atoms with Crippen molar-refractivity contribution < 1.29 is 28.6 Å². The number of hydrogen-bond donors (Lipinski definition) is 1. The second-order valence-electron chi connectivity index (χ2n) is 8.72. The summed E-state index contributed by atoms with van der Waals surface area (Å²) in [5.41, 5.74) is 1.97. The molecule has 3 aromatic rings. The molecule has 0 heterocycles. The zero-order valence-electron chi connectivity index (χ0n) is 20.8. The van der Waals surface area contributed by atoms with Gasteiger partial charge in [0, 0.05) is 17.4 Å². The summed E-state index contributed by atoms with van der Waals surface area (Å²) in [6, 6.07) is 24.2. The third kappa shape index (κ3) is 9.28. The van der Waals surface area contributed by atoms with E-state index in [4.69, 9.17) is 25.8 Å². The van der Waals surface area contributed by atoms with Gasteiger partial charge in [-0.05, 0) is 41.8 Å². The molecule has 2 unspecified atom stereocenters. The highest BCUT2D eigenvalue weighted by atomic mass is 35.5. The van der Waals surface area contributed by atoms with E-state index in [0.29, 0.717) is 10.6 Å². The average Bonchev–Trinajstić information content (AvgIpc) is 2.91. The Bertz CT molecular complexity index is 1150. The van der Waals surface area contributed by atoms with Crippen LogP contribution >= 0.6 is 11.6 Å². The summed E-state index contributed by atoms with van der Waals surface area (Å²) in [7, 11) is 0. The summed E-state index contributed by atoms with van der Waals surface area (Å²) in [6.07, 6.45) is -1.55. The van der Waals surface area contributed by atoms with Gasteiger partial charge < -0.3 is 19.5 Å². The van der Waals surface area contributed by atoms with Crippen LogP contribution in [0.1, 0.15) is 54.2 Å². The average molecular weight is 524 g/mol. The first kappa shape index (κ1) is 27.7. The lowest BCUT2D eigenvalue weighted by molar-refractivity contribution is -0.145. The molecule has 0 aliphatic heterocycles. The van der Waals surface area contributed by atoms with Crippen molar-refractivity contribution in [2.75, 3.05) is 0 Å². The molecule has 3 rings (SSSR count). The highest BCUT2D eigenvalue weighted by Gasteiger charge is 2.25. The van der Waals surface area contributed by atoms with Crippen LogP contribution in [0.2, 0.25) is 5.02 Å². The van der Waals surface area contributed by atoms with Crippen molar-refractivity contribution in [1.82, 2.24) is 5.32 Å². The van der Waals surface area contributed by atoms with E-state index in [9.17, 15) is 14.4 Å². The number of alkyl carbamates (subject to hydrolysis) is 1. The Morgan fingerprint density at radius 1 is 0.838 bits per heavy atom. The Kier molecular flexibility index (Phi) is 10.5. The van der Waals surface area contributed by atoms with Crippen molar-refractivity contribution in [1.29, 1.82) is 0 Å². The number of halogens is 1. The molecule has 8 heteroatoms. The molecule has 1 N–H and O–H groups in total. The van der Waals surface area contributed by atoms with Gasteiger partial charge in [0.15, 0.2) is 0 Å². The van der Waals surface area contributed by atoms with E-state index in [1.807, 2.05) is 30.3 Å².